The lowest BCUT2D eigenvalue weighted by atomic mass is 9.93. The Morgan fingerprint density at radius 2 is 1.63 bits per heavy atom. The molecule has 1 amide bonds. The molecule has 0 atom stereocenters. The topological polar surface area (TPSA) is 78.4 Å². The van der Waals surface area contributed by atoms with E-state index in [1.54, 1.807) is 4.68 Å². The van der Waals surface area contributed by atoms with Gasteiger partial charge in [0.2, 0.25) is 17.7 Å². The van der Waals surface area contributed by atoms with Crippen molar-refractivity contribution in [2.75, 3.05) is 18.5 Å². The normalized spacial score (nSPS) is 20.6. The highest BCUT2D eigenvalue weighted by Crippen LogP contribution is 2.29. The summed E-state index contributed by atoms with van der Waals surface area (Å²) in [5.74, 6) is -0.184. The summed E-state index contributed by atoms with van der Waals surface area (Å²) in [7, 11) is 0. The van der Waals surface area contributed by atoms with Crippen LogP contribution in [-0.4, -0.2) is 39.2 Å². The van der Waals surface area contributed by atoms with Crippen molar-refractivity contribution in [3.05, 3.63) is 29.9 Å². The Morgan fingerprint density at radius 3 is 2.27 bits per heavy atom. The third-order valence-electron chi connectivity index (χ3n) is 6.67. The quantitative estimate of drug-likeness (QED) is 0.787. The van der Waals surface area contributed by atoms with Gasteiger partial charge in [-0.1, -0.05) is 44.2 Å². The third-order valence-corrected chi connectivity index (χ3v) is 6.67. The Morgan fingerprint density at radius 1 is 1.00 bits per heavy atom. The average molecular weight is 409 g/mol. The number of fused-ring (bicyclic) bond motifs is 1. The van der Waals surface area contributed by atoms with Crippen LogP contribution in [0.2, 0.25) is 0 Å². The highest BCUT2D eigenvalue weighted by Gasteiger charge is 2.28. The number of para-hydroxylation sites is 2. The molecule has 7 heteroatoms. The summed E-state index contributed by atoms with van der Waals surface area (Å²) in [6, 6.07) is 8.93. The first kappa shape index (κ1) is 20.7. The van der Waals surface area contributed by atoms with Crippen molar-refractivity contribution in [1.82, 2.24) is 14.1 Å². The maximum Gasteiger partial charge on any atom is 0.241 e. The standard InChI is InChI=1S/C23H32N6O/c1-18(30)26-29-22-12-8-7-11-21(22)28(23(29)25-17-24)20-13-15-27(16-14-20)19-9-5-3-2-4-6-10-19/h7-8,11-12,19-20H,2-6,9-10,13-16H2,1H3,(H,26,30). The van der Waals surface area contributed by atoms with E-state index in [1.165, 1.54) is 51.9 Å². The molecular weight excluding hydrogens is 376 g/mol. The van der Waals surface area contributed by atoms with E-state index in [0.717, 1.165) is 43.0 Å². The van der Waals surface area contributed by atoms with Crippen LogP contribution in [0.4, 0.5) is 0 Å². The van der Waals surface area contributed by atoms with Crippen molar-refractivity contribution in [3.63, 3.8) is 0 Å². The summed E-state index contributed by atoms with van der Waals surface area (Å²) in [6.45, 7) is 3.63. The molecule has 160 valence electrons. The number of hydrogen-bond acceptors (Lipinski definition) is 4. The SMILES string of the molecule is CC(=O)Nn1c(=NC#N)n(C2CCN(C3CCCCCCC3)CC2)c2ccccc21. The fraction of sp³-hybridized carbons (Fsp3) is 0.609. The molecule has 2 fully saturated rings. The number of amides is 1. The summed E-state index contributed by atoms with van der Waals surface area (Å²) >= 11 is 0. The Kier molecular flexibility index (Phi) is 6.53. The first-order valence-electron chi connectivity index (χ1n) is 11.4. The molecule has 0 unspecified atom stereocenters. The highest BCUT2D eigenvalue weighted by molar-refractivity contribution is 5.84. The number of benzene rings is 1. The maximum atomic E-state index is 11.8. The Labute approximate surface area is 178 Å². The highest BCUT2D eigenvalue weighted by atomic mass is 16.2. The van der Waals surface area contributed by atoms with Crippen molar-refractivity contribution in [2.24, 2.45) is 4.99 Å². The van der Waals surface area contributed by atoms with Crippen molar-refractivity contribution in [2.45, 2.75) is 76.8 Å². The lowest BCUT2D eigenvalue weighted by molar-refractivity contribution is -0.115. The van der Waals surface area contributed by atoms with Crippen molar-refractivity contribution >= 4 is 16.9 Å². The van der Waals surface area contributed by atoms with Crippen LogP contribution < -0.4 is 11.0 Å². The molecular formula is C23H32N6O. The number of nitrogens with one attached hydrogen (secondary N) is 1. The number of hydrogen-bond donors (Lipinski definition) is 1. The predicted molar refractivity (Wildman–Crippen MR) is 117 cm³/mol. The van der Waals surface area contributed by atoms with Crippen LogP contribution in [0.1, 0.15) is 70.8 Å². The number of likely N-dealkylation sites (tertiary alicyclic amines) is 1. The maximum absolute atomic E-state index is 11.8. The summed E-state index contributed by atoms with van der Waals surface area (Å²) in [4.78, 5) is 18.6. The minimum absolute atomic E-state index is 0.184. The fourth-order valence-electron chi connectivity index (χ4n) is 5.27. The molecule has 1 aromatic carbocycles. The van der Waals surface area contributed by atoms with Crippen LogP contribution in [-0.2, 0) is 4.79 Å². The third kappa shape index (κ3) is 4.29. The molecule has 0 radical (unpaired) electrons. The monoisotopic (exact) mass is 408 g/mol. The number of nitrogens with zero attached hydrogens (tertiary/aromatic N) is 5. The van der Waals surface area contributed by atoms with Gasteiger partial charge in [-0.2, -0.15) is 5.26 Å². The van der Waals surface area contributed by atoms with Gasteiger partial charge in [0.25, 0.3) is 0 Å². The largest absolute Gasteiger partial charge is 0.305 e. The number of rotatable bonds is 3. The van der Waals surface area contributed by atoms with Crippen LogP contribution in [0.5, 0.6) is 0 Å². The van der Waals surface area contributed by atoms with Crippen molar-refractivity contribution in [1.29, 1.82) is 5.26 Å². The zero-order chi connectivity index (χ0) is 20.9. The molecule has 1 saturated carbocycles. The molecule has 0 bridgehead atoms. The molecule has 2 heterocycles. The number of nitriles is 1. The van der Waals surface area contributed by atoms with Gasteiger partial charge >= 0.3 is 0 Å². The van der Waals surface area contributed by atoms with E-state index in [9.17, 15) is 10.1 Å². The van der Waals surface area contributed by atoms with Gasteiger partial charge in [0.1, 0.15) is 0 Å². The van der Waals surface area contributed by atoms with E-state index < -0.39 is 0 Å². The van der Waals surface area contributed by atoms with Crippen LogP contribution in [0.15, 0.2) is 29.3 Å². The summed E-state index contributed by atoms with van der Waals surface area (Å²) in [5, 5.41) is 9.32. The van der Waals surface area contributed by atoms with Crippen molar-refractivity contribution < 1.29 is 4.79 Å². The van der Waals surface area contributed by atoms with Gasteiger partial charge in [-0.25, -0.2) is 4.68 Å². The number of carbonyl (C=O) groups excluding carboxylic acids is 1. The van der Waals surface area contributed by atoms with Gasteiger partial charge in [-0.15, -0.1) is 4.99 Å². The Hall–Kier alpha value is -2.59. The smallest absolute Gasteiger partial charge is 0.241 e. The first-order chi connectivity index (χ1) is 14.7. The first-order valence-corrected chi connectivity index (χ1v) is 11.4. The second kappa shape index (κ2) is 9.48. The van der Waals surface area contributed by atoms with Crippen LogP contribution in [0.25, 0.3) is 11.0 Å². The zero-order valence-corrected chi connectivity index (χ0v) is 17.9. The molecule has 0 spiro atoms. The lowest BCUT2D eigenvalue weighted by Gasteiger charge is -2.39. The minimum Gasteiger partial charge on any atom is -0.305 e. The Balaban J connectivity index is 1.61. The van der Waals surface area contributed by atoms with Crippen molar-refractivity contribution in [3.8, 4) is 6.19 Å². The van der Waals surface area contributed by atoms with Gasteiger partial charge in [0.15, 0.2) is 0 Å². The van der Waals surface area contributed by atoms with Gasteiger partial charge in [0.05, 0.1) is 11.0 Å². The van der Waals surface area contributed by atoms with Crippen LogP contribution >= 0.6 is 0 Å². The van der Waals surface area contributed by atoms with E-state index in [-0.39, 0.29) is 11.9 Å². The van der Waals surface area contributed by atoms with E-state index in [1.807, 2.05) is 30.5 Å². The lowest BCUT2D eigenvalue weighted by Crippen LogP contribution is -2.44. The van der Waals surface area contributed by atoms with E-state index >= 15 is 0 Å². The second-order valence-electron chi connectivity index (χ2n) is 8.64. The predicted octanol–water partition coefficient (Wildman–Crippen LogP) is 3.66. The molecule has 30 heavy (non-hydrogen) atoms. The summed E-state index contributed by atoms with van der Waals surface area (Å²) < 4.78 is 3.81. The van der Waals surface area contributed by atoms with E-state index in [4.69, 9.17) is 0 Å². The minimum atomic E-state index is -0.184. The van der Waals surface area contributed by atoms with E-state index in [2.05, 4.69) is 19.9 Å². The summed E-state index contributed by atoms with van der Waals surface area (Å²) in [5.41, 5.74) is 5.20. The van der Waals surface area contributed by atoms with Gasteiger partial charge in [-0.3, -0.25) is 10.2 Å². The van der Waals surface area contributed by atoms with Gasteiger partial charge in [-0.05, 0) is 37.8 Å². The fourth-order valence-corrected chi connectivity index (χ4v) is 5.27. The molecule has 1 aromatic heterocycles. The zero-order valence-electron chi connectivity index (χ0n) is 17.9. The molecule has 1 aliphatic heterocycles. The molecule has 1 aliphatic carbocycles. The molecule has 7 nitrogen and oxygen atoms in total. The number of aromatic nitrogens is 2. The van der Waals surface area contributed by atoms with Gasteiger partial charge in [0, 0.05) is 32.1 Å². The van der Waals surface area contributed by atoms with Crippen LogP contribution in [0.3, 0.4) is 0 Å². The van der Waals surface area contributed by atoms with Gasteiger partial charge < -0.3 is 9.47 Å². The number of piperidine rings is 1. The molecule has 2 aromatic rings. The molecule has 4 rings (SSSR count). The summed E-state index contributed by atoms with van der Waals surface area (Å²) in [6.07, 6.45) is 13.5. The van der Waals surface area contributed by atoms with E-state index in [0.29, 0.717) is 5.62 Å². The van der Waals surface area contributed by atoms with Crippen LogP contribution in [0, 0.1) is 11.5 Å². The second-order valence-corrected chi connectivity index (χ2v) is 8.64. The number of imidazole rings is 1. The molecule has 1 N–H and O–H groups in total. The number of carbonyl (C=O) groups is 1. The average Bonchev–Trinajstić information content (AvgIpc) is 3.01. The Bertz CT molecular complexity index is 981. The molecule has 1 saturated heterocycles. The molecule has 2 aliphatic rings.